The van der Waals surface area contributed by atoms with Gasteiger partial charge in [0.2, 0.25) is 0 Å². The molecule has 4 nitrogen and oxygen atoms in total. The maximum atomic E-state index is 10.8. The summed E-state index contributed by atoms with van der Waals surface area (Å²) in [5, 5.41) is 9.35. The number of carbonyl (C=O) groups is 1. The van der Waals surface area contributed by atoms with Crippen LogP contribution in [0.25, 0.3) is 0 Å². The van der Waals surface area contributed by atoms with Crippen molar-refractivity contribution in [1.82, 2.24) is 0 Å². The third-order valence-electron chi connectivity index (χ3n) is 6.30. The van der Waals surface area contributed by atoms with Gasteiger partial charge in [-0.15, -0.1) is 0 Å². The van der Waals surface area contributed by atoms with Crippen LogP contribution in [0.4, 0.5) is 4.79 Å². The van der Waals surface area contributed by atoms with Crippen LogP contribution >= 0.6 is 0 Å². The van der Waals surface area contributed by atoms with Crippen molar-refractivity contribution in [3.8, 4) is 0 Å². The van der Waals surface area contributed by atoms with Crippen LogP contribution in [-0.4, -0.2) is 23.4 Å². The van der Waals surface area contributed by atoms with Crippen molar-refractivity contribution < 1.29 is 14.6 Å². The van der Waals surface area contributed by atoms with E-state index in [0.29, 0.717) is 47.5 Å². The molecule has 0 heterocycles. The van der Waals surface area contributed by atoms with Gasteiger partial charge in [0.05, 0.1) is 0 Å². The van der Waals surface area contributed by atoms with E-state index in [-0.39, 0.29) is 5.60 Å². The highest BCUT2D eigenvalue weighted by Crippen LogP contribution is 3.07. The molecular weight excluding hydrogens is 182 g/mol. The molecule has 0 aromatic carbocycles. The summed E-state index contributed by atoms with van der Waals surface area (Å²) in [5.74, 6) is 3.73. The number of aliphatic hydroxyl groups excluding tert-OH is 1. The number of amides is 1. The van der Waals surface area contributed by atoms with Crippen molar-refractivity contribution in [2.24, 2.45) is 46.7 Å². The number of carbonyl (C=O) groups excluding carboxylic acids is 1. The molecule has 4 heteroatoms. The minimum atomic E-state index is -0.612. The fourth-order valence-electron chi connectivity index (χ4n) is 6.35. The molecular formula is C10H11NO3. The highest BCUT2D eigenvalue weighted by Gasteiger charge is 3.11. The lowest BCUT2D eigenvalue weighted by Gasteiger charge is -3.09. The lowest BCUT2D eigenvalue weighted by Crippen LogP contribution is -3.13. The van der Waals surface area contributed by atoms with Gasteiger partial charge in [-0.2, -0.15) is 0 Å². The van der Waals surface area contributed by atoms with Gasteiger partial charge in [0.1, 0.15) is 5.60 Å². The molecule has 1 amide bonds. The lowest BCUT2D eigenvalue weighted by molar-refractivity contribution is -0.661. The van der Waals surface area contributed by atoms with Gasteiger partial charge in [-0.1, -0.05) is 0 Å². The van der Waals surface area contributed by atoms with Crippen LogP contribution in [0.5, 0.6) is 0 Å². The third-order valence-corrected chi connectivity index (χ3v) is 6.30. The smallest absolute Gasteiger partial charge is 0.405 e. The van der Waals surface area contributed by atoms with E-state index in [9.17, 15) is 9.90 Å². The Balaban J connectivity index is 1.54. The Morgan fingerprint density at radius 1 is 1.21 bits per heavy atom. The number of hydrogen-bond acceptors (Lipinski definition) is 3. The van der Waals surface area contributed by atoms with Crippen LogP contribution < -0.4 is 5.73 Å². The van der Waals surface area contributed by atoms with Crippen LogP contribution in [0.2, 0.25) is 0 Å². The van der Waals surface area contributed by atoms with Crippen LogP contribution in [0, 0.1) is 40.9 Å². The zero-order valence-electron chi connectivity index (χ0n) is 7.51. The molecule has 0 aromatic rings. The van der Waals surface area contributed by atoms with Crippen molar-refractivity contribution in [2.75, 3.05) is 6.61 Å². The van der Waals surface area contributed by atoms with E-state index >= 15 is 0 Å². The summed E-state index contributed by atoms with van der Waals surface area (Å²) in [5.41, 5.74) is 5.26. The number of aliphatic hydroxyl groups is 1. The predicted octanol–water partition coefficient (Wildman–Crippen LogP) is -0.436. The molecule has 0 aliphatic heterocycles. The lowest BCUT2D eigenvalue weighted by atomic mass is 8.95. The first-order valence-corrected chi connectivity index (χ1v) is 5.30. The molecule has 0 aromatic heterocycles. The number of primary amides is 1. The average molecular weight is 193 g/mol. The Kier molecular flexibility index (Phi) is 0.627. The first-order chi connectivity index (χ1) is 6.71. The number of rotatable bonds is 2. The fourth-order valence-corrected chi connectivity index (χ4v) is 6.35. The van der Waals surface area contributed by atoms with Crippen LogP contribution in [0.3, 0.4) is 0 Å². The Hall–Kier alpha value is -0.770. The van der Waals surface area contributed by atoms with Crippen molar-refractivity contribution in [3.63, 3.8) is 0 Å². The second kappa shape index (κ2) is 1.32. The molecule has 74 valence electrons. The van der Waals surface area contributed by atoms with Crippen molar-refractivity contribution >= 4 is 6.09 Å². The summed E-state index contributed by atoms with van der Waals surface area (Å²) in [4.78, 5) is 10.8. The van der Waals surface area contributed by atoms with Gasteiger partial charge >= 0.3 is 6.09 Å². The van der Waals surface area contributed by atoms with Gasteiger partial charge in [0.15, 0.2) is 0 Å². The van der Waals surface area contributed by atoms with E-state index in [4.69, 9.17) is 10.5 Å². The molecule has 6 aliphatic carbocycles. The van der Waals surface area contributed by atoms with Crippen LogP contribution in [0.1, 0.15) is 0 Å². The van der Waals surface area contributed by atoms with Gasteiger partial charge in [-0.05, 0) is 17.8 Å². The van der Waals surface area contributed by atoms with Crippen molar-refractivity contribution in [2.45, 2.75) is 5.60 Å². The standard InChI is InChI=1S/C10H11NO3/c11-8(13)14-10-5-2-6(10)4-7(10)3(5)9(2,4)1-12/h2-7,12H,1H2,(H2,11,13). The van der Waals surface area contributed by atoms with Crippen molar-refractivity contribution in [3.05, 3.63) is 0 Å². The first kappa shape index (κ1) is 6.67. The molecule has 0 unspecified atom stereocenters. The fraction of sp³-hybridized carbons (Fsp3) is 0.900. The molecule has 14 heavy (non-hydrogen) atoms. The Labute approximate surface area is 80.4 Å². The molecule has 6 fully saturated rings. The zero-order chi connectivity index (χ0) is 9.46. The predicted molar refractivity (Wildman–Crippen MR) is 43.9 cm³/mol. The van der Waals surface area contributed by atoms with Gasteiger partial charge in [-0.3, -0.25) is 0 Å². The Morgan fingerprint density at radius 3 is 2.07 bits per heavy atom. The maximum absolute atomic E-state index is 10.8. The summed E-state index contributed by atoms with van der Waals surface area (Å²) in [6.07, 6.45) is -0.612. The topological polar surface area (TPSA) is 72.6 Å². The SMILES string of the molecule is NC(=O)OC12C3C4C1C1C2C3C41CO. The van der Waals surface area contributed by atoms with E-state index in [2.05, 4.69) is 0 Å². The number of hydrogen-bond donors (Lipinski definition) is 2. The molecule has 6 saturated carbocycles. The second-order valence-corrected chi connectivity index (χ2v) is 5.70. The van der Waals surface area contributed by atoms with E-state index < -0.39 is 6.09 Å². The quantitative estimate of drug-likeness (QED) is 0.624. The van der Waals surface area contributed by atoms with Gasteiger partial charge in [0.25, 0.3) is 0 Å². The molecule has 0 saturated heterocycles. The van der Waals surface area contributed by atoms with Crippen LogP contribution in [-0.2, 0) is 4.74 Å². The molecule has 0 atom stereocenters. The van der Waals surface area contributed by atoms with E-state index in [1.165, 1.54) is 0 Å². The van der Waals surface area contributed by atoms with Gasteiger partial charge in [0, 0.05) is 29.8 Å². The average Bonchev–Trinajstić information content (AvgIpc) is 2.18. The minimum absolute atomic E-state index is 0.122. The maximum Gasteiger partial charge on any atom is 0.405 e. The largest absolute Gasteiger partial charge is 0.442 e. The van der Waals surface area contributed by atoms with E-state index in [0.717, 1.165) is 0 Å². The van der Waals surface area contributed by atoms with Gasteiger partial charge in [-0.25, -0.2) is 4.79 Å². The Morgan fingerprint density at radius 2 is 1.71 bits per heavy atom. The molecule has 3 N–H and O–H groups in total. The summed E-state index contributed by atoms with van der Waals surface area (Å²) in [6.45, 7) is 0.350. The first-order valence-electron chi connectivity index (χ1n) is 5.30. The molecule has 6 rings (SSSR count). The summed E-state index contributed by atoms with van der Waals surface area (Å²) >= 11 is 0. The van der Waals surface area contributed by atoms with Gasteiger partial charge < -0.3 is 15.6 Å². The zero-order valence-corrected chi connectivity index (χ0v) is 7.51. The number of ether oxygens (including phenoxy) is 1. The molecule has 0 spiro atoms. The molecule has 6 aliphatic rings. The minimum Gasteiger partial charge on any atom is -0.442 e. The summed E-state index contributed by atoms with van der Waals surface area (Å²) in [7, 11) is 0. The second-order valence-electron chi connectivity index (χ2n) is 5.70. The van der Waals surface area contributed by atoms with Crippen molar-refractivity contribution in [1.29, 1.82) is 0 Å². The van der Waals surface area contributed by atoms with Crippen LogP contribution in [0.15, 0.2) is 0 Å². The third kappa shape index (κ3) is 0.260. The normalized spacial score (nSPS) is 76.9. The molecule has 0 radical (unpaired) electrons. The monoisotopic (exact) mass is 193 g/mol. The molecule has 0 bridgehead atoms. The van der Waals surface area contributed by atoms with E-state index in [1.54, 1.807) is 0 Å². The van der Waals surface area contributed by atoms with E-state index in [1.807, 2.05) is 0 Å². The highest BCUT2D eigenvalue weighted by atomic mass is 16.6. The Bertz CT molecular complexity index is 351. The summed E-state index contributed by atoms with van der Waals surface area (Å²) < 4.78 is 5.30. The summed E-state index contributed by atoms with van der Waals surface area (Å²) in [6, 6.07) is 0. The highest BCUT2D eigenvalue weighted by molar-refractivity contribution is 5.69. The number of nitrogens with two attached hydrogens (primary N) is 1.